The molecule has 2 saturated heterocycles. The first-order chi connectivity index (χ1) is 10.6. The molecule has 1 aromatic carbocycles. The first-order valence-corrected chi connectivity index (χ1v) is 7.53. The maximum atomic E-state index is 8.96. The summed E-state index contributed by atoms with van der Waals surface area (Å²) >= 11 is 0. The van der Waals surface area contributed by atoms with Crippen molar-refractivity contribution in [2.24, 2.45) is 0 Å². The number of fused-ring (bicyclic) bond motifs is 1. The largest absolute Gasteiger partial charge is 0.392 e. The SMILES string of the molecule is CC1(C)O[C@@H]2O[C@@H](/C=C/CO)[C@H](OCc3ccccc3)[C@@H]2O1. The summed E-state index contributed by atoms with van der Waals surface area (Å²) in [7, 11) is 0. The molecule has 2 aliphatic heterocycles. The standard InChI is InChI=1S/C17H22O5/c1-17(2)21-15-14(19-11-12-7-4-3-5-8-12)13(9-6-10-18)20-16(15)22-17/h3-9,13-16,18H,10-11H2,1-2H3/b9-6+/t13-,14-,15-,16-/m0/s1. The van der Waals surface area contributed by atoms with Crippen LogP contribution in [-0.2, 0) is 25.6 Å². The second kappa shape index (κ2) is 6.48. The van der Waals surface area contributed by atoms with Crippen molar-refractivity contribution in [3.05, 3.63) is 48.0 Å². The Bertz CT molecular complexity index is 513. The number of rotatable bonds is 5. The van der Waals surface area contributed by atoms with E-state index in [2.05, 4.69) is 0 Å². The number of hydrogen-bond acceptors (Lipinski definition) is 5. The summed E-state index contributed by atoms with van der Waals surface area (Å²) in [6.45, 7) is 4.17. The molecular weight excluding hydrogens is 284 g/mol. The monoisotopic (exact) mass is 306 g/mol. The van der Waals surface area contributed by atoms with Crippen LogP contribution in [0.15, 0.2) is 42.5 Å². The lowest BCUT2D eigenvalue weighted by Crippen LogP contribution is -2.36. The van der Waals surface area contributed by atoms with Gasteiger partial charge in [-0.3, -0.25) is 0 Å². The van der Waals surface area contributed by atoms with Gasteiger partial charge in [-0.15, -0.1) is 0 Å². The second-order valence-corrected chi connectivity index (χ2v) is 5.94. The molecular formula is C17H22O5. The number of benzene rings is 1. The average molecular weight is 306 g/mol. The lowest BCUT2D eigenvalue weighted by molar-refractivity contribution is -0.213. The summed E-state index contributed by atoms with van der Waals surface area (Å²) in [6, 6.07) is 9.97. The van der Waals surface area contributed by atoms with Gasteiger partial charge in [0.15, 0.2) is 12.1 Å². The molecule has 22 heavy (non-hydrogen) atoms. The van der Waals surface area contributed by atoms with Crippen molar-refractivity contribution < 1.29 is 24.1 Å². The molecule has 2 aliphatic rings. The average Bonchev–Trinajstić information content (AvgIpc) is 2.95. The fourth-order valence-corrected chi connectivity index (χ4v) is 2.81. The first kappa shape index (κ1) is 15.6. The Morgan fingerprint density at radius 3 is 2.73 bits per heavy atom. The third-order valence-corrected chi connectivity index (χ3v) is 3.74. The summed E-state index contributed by atoms with van der Waals surface area (Å²) in [5.74, 6) is -0.671. The van der Waals surface area contributed by atoms with Gasteiger partial charge in [0.25, 0.3) is 0 Å². The van der Waals surface area contributed by atoms with Gasteiger partial charge >= 0.3 is 0 Å². The fraction of sp³-hybridized carbons (Fsp3) is 0.529. The van der Waals surface area contributed by atoms with Crippen LogP contribution in [0.5, 0.6) is 0 Å². The predicted molar refractivity (Wildman–Crippen MR) is 79.9 cm³/mol. The maximum absolute atomic E-state index is 8.96. The summed E-state index contributed by atoms with van der Waals surface area (Å²) in [5, 5.41) is 8.96. The fourth-order valence-electron chi connectivity index (χ4n) is 2.81. The summed E-state index contributed by atoms with van der Waals surface area (Å²) < 4.78 is 23.6. The van der Waals surface area contributed by atoms with Crippen molar-refractivity contribution in [1.29, 1.82) is 0 Å². The number of aliphatic hydroxyl groups is 1. The molecule has 2 heterocycles. The van der Waals surface area contributed by atoms with E-state index >= 15 is 0 Å². The van der Waals surface area contributed by atoms with E-state index in [1.54, 1.807) is 12.2 Å². The highest BCUT2D eigenvalue weighted by molar-refractivity contribution is 5.14. The van der Waals surface area contributed by atoms with Crippen LogP contribution < -0.4 is 0 Å². The van der Waals surface area contributed by atoms with Crippen LogP contribution in [0.4, 0.5) is 0 Å². The van der Waals surface area contributed by atoms with Gasteiger partial charge in [0, 0.05) is 0 Å². The molecule has 0 unspecified atom stereocenters. The number of ether oxygens (including phenoxy) is 4. The minimum absolute atomic E-state index is 0.0339. The second-order valence-electron chi connectivity index (χ2n) is 5.94. The lowest BCUT2D eigenvalue weighted by Gasteiger charge is -2.24. The predicted octanol–water partition coefficient (Wildman–Crippen LogP) is 2.00. The van der Waals surface area contributed by atoms with Gasteiger partial charge in [-0.25, -0.2) is 0 Å². The highest BCUT2D eigenvalue weighted by Gasteiger charge is 2.54. The van der Waals surface area contributed by atoms with Crippen LogP contribution in [0.3, 0.4) is 0 Å². The molecule has 0 amide bonds. The summed E-state index contributed by atoms with van der Waals surface area (Å²) in [6.07, 6.45) is 2.18. The van der Waals surface area contributed by atoms with E-state index in [-0.39, 0.29) is 24.9 Å². The maximum Gasteiger partial charge on any atom is 0.190 e. The van der Waals surface area contributed by atoms with Gasteiger partial charge in [-0.1, -0.05) is 42.5 Å². The molecule has 4 atom stereocenters. The van der Waals surface area contributed by atoms with Crippen molar-refractivity contribution >= 4 is 0 Å². The van der Waals surface area contributed by atoms with Gasteiger partial charge in [0.2, 0.25) is 0 Å². The van der Waals surface area contributed by atoms with Gasteiger partial charge in [0.05, 0.1) is 13.2 Å². The molecule has 0 aromatic heterocycles. The molecule has 0 bridgehead atoms. The van der Waals surface area contributed by atoms with Crippen LogP contribution in [0, 0.1) is 0 Å². The molecule has 5 nitrogen and oxygen atoms in total. The van der Waals surface area contributed by atoms with E-state index in [1.807, 2.05) is 44.2 Å². The first-order valence-electron chi connectivity index (χ1n) is 7.53. The third-order valence-electron chi connectivity index (χ3n) is 3.74. The van der Waals surface area contributed by atoms with Crippen LogP contribution in [0.2, 0.25) is 0 Å². The Kier molecular flexibility index (Phi) is 4.61. The lowest BCUT2D eigenvalue weighted by atomic mass is 10.1. The molecule has 3 rings (SSSR count). The highest BCUT2D eigenvalue weighted by atomic mass is 16.8. The molecule has 0 saturated carbocycles. The van der Waals surface area contributed by atoms with E-state index in [4.69, 9.17) is 24.1 Å². The van der Waals surface area contributed by atoms with Crippen molar-refractivity contribution in [2.75, 3.05) is 6.61 Å². The molecule has 1 N–H and O–H groups in total. The highest BCUT2D eigenvalue weighted by Crippen LogP contribution is 2.39. The summed E-state index contributed by atoms with van der Waals surface area (Å²) in [5.41, 5.74) is 1.09. The van der Waals surface area contributed by atoms with Crippen molar-refractivity contribution in [3.8, 4) is 0 Å². The zero-order valence-electron chi connectivity index (χ0n) is 12.8. The van der Waals surface area contributed by atoms with E-state index in [0.717, 1.165) is 5.56 Å². The summed E-state index contributed by atoms with van der Waals surface area (Å²) in [4.78, 5) is 0. The zero-order valence-corrected chi connectivity index (χ0v) is 12.8. The van der Waals surface area contributed by atoms with E-state index < -0.39 is 12.1 Å². The molecule has 0 aliphatic carbocycles. The normalized spacial score (nSPS) is 33.4. The zero-order chi connectivity index (χ0) is 15.6. The van der Waals surface area contributed by atoms with Gasteiger partial charge in [-0.05, 0) is 19.4 Å². The molecule has 120 valence electrons. The molecule has 1 aromatic rings. The van der Waals surface area contributed by atoms with E-state index in [1.165, 1.54) is 0 Å². The van der Waals surface area contributed by atoms with E-state index in [9.17, 15) is 0 Å². The van der Waals surface area contributed by atoms with Crippen molar-refractivity contribution in [2.45, 2.75) is 50.8 Å². The Balaban J connectivity index is 1.70. The quantitative estimate of drug-likeness (QED) is 0.843. The minimum Gasteiger partial charge on any atom is -0.392 e. The molecule has 0 radical (unpaired) electrons. The van der Waals surface area contributed by atoms with Gasteiger partial charge in [-0.2, -0.15) is 0 Å². The minimum atomic E-state index is -0.671. The Labute approximate surface area is 130 Å². The van der Waals surface area contributed by atoms with Crippen LogP contribution in [0.1, 0.15) is 19.4 Å². The number of aliphatic hydroxyl groups excluding tert-OH is 1. The Morgan fingerprint density at radius 2 is 2.00 bits per heavy atom. The van der Waals surface area contributed by atoms with E-state index in [0.29, 0.717) is 6.61 Å². The van der Waals surface area contributed by atoms with Gasteiger partial charge < -0.3 is 24.1 Å². The smallest absolute Gasteiger partial charge is 0.190 e. The third kappa shape index (κ3) is 3.39. The Morgan fingerprint density at radius 1 is 1.23 bits per heavy atom. The molecule has 0 spiro atoms. The molecule has 5 heteroatoms. The molecule has 2 fully saturated rings. The van der Waals surface area contributed by atoms with Crippen molar-refractivity contribution in [1.82, 2.24) is 0 Å². The van der Waals surface area contributed by atoms with Crippen molar-refractivity contribution in [3.63, 3.8) is 0 Å². The van der Waals surface area contributed by atoms with Crippen LogP contribution in [-0.4, -0.2) is 42.1 Å². The number of hydrogen-bond donors (Lipinski definition) is 1. The van der Waals surface area contributed by atoms with Crippen LogP contribution in [0.25, 0.3) is 0 Å². The van der Waals surface area contributed by atoms with Gasteiger partial charge in [0.1, 0.15) is 18.3 Å². The topological polar surface area (TPSA) is 57.2 Å². The van der Waals surface area contributed by atoms with Crippen LogP contribution >= 0.6 is 0 Å². The Hall–Kier alpha value is -1.24.